The van der Waals surface area contributed by atoms with Crippen LogP contribution in [0.15, 0.2) is 0 Å². The maximum absolute atomic E-state index is 5.49. The van der Waals surface area contributed by atoms with Crippen LogP contribution in [0.4, 0.5) is 0 Å². The summed E-state index contributed by atoms with van der Waals surface area (Å²) in [5.74, 6) is 0. The van der Waals surface area contributed by atoms with Crippen molar-refractivity contribution in [3.63, 3.8) is 0 Å². The normalized spacial score (nSPS) is 20.0. The molecule has 0 nitrogen and oxygen atoms in total. The molecule has 5 heteroatoms. The Hall–Kier alpha value is 2.52. The predicted octanol–water partition coefficient (Wildman–Crippen LogP) is 4.69. The van der Waals surface area contributed by atoms with Crippen molar-refractivity contribution in [1.29, 1.82) is 0 Å². The molecule has 0 radical (unpaired) electrons. The monoisotopic (exact) mass is 450 g/mol. The third kappa shape index (κ3) is 4.49. The zero-order valence-corrected chi connectivity index (χ0v) is 16.6. The van der Waals surface area contributed by atoms with Gasteiger partial charge in [-0.05, 0) is 0 Å². The Morgan fingerprint density at radius 1 is 1.08 bits per heavy atom. The average molecular weight is 448 g/mol. The van der Waals surface area contributed by atoms with Crippen LogP contribution in [0.1, 0.15) is 39.5 Å². The van der Waals surface area contributed by atoms with Crippen molar-refractivity contribution in [2.24, 2.45) is 0 Å². The van der Waals surface area contributed by atoms with Crippen LogP contribution in [0.25, 0.3) is 0 Å². The molecule has 0 aromatic carbocycles. The minimum atomic E-state index is -1.57. The molecule has 1 saturated heterocycles. The molecule has 0 atom stereocenters. The molecule has 0 saturated carbocycles. The van der Waals surface area contributed by atoms with Crippen LogP contribution in [0.3, 0.4) is 0 Å². The molecule has 76 valence electrons. The molecule has 1 aliphatic rings. The van der Waals surface area contributed by atoms with Crippen molar-refractivity contribution < 1.29 is 0 Å². The molecule has 0 aromatic heterocycles. The van der Waals surface area contributed by atoms with Crippen LogP contribution in [-0.2, 0) is 0 Å². The van der Waals surface area contributed by atoms with E-state index in [1.165, 1.54) is 25.7 Å². The van der Waals surface area contributed by atoms with Crippen LogP contribution in [-0.4, -0.2) is 30.7 Å². The zero-order chi connectivity index (χ0) is 9.73. The van der Waals surface area contributed by atoms with Crippen LogP contribution >= 0.6 is 21.6 Å². The molecule has 0 bridgehead atoms. The van der Waals surface area contributed by atoms with E-state index in [-0.39, 0.29) is 0 Å². The summed E-state index contributed by atoms with van der Waals surface area (Å²) in [5.41, 5.74) is 0. The molecular formula is C8H18S3Sn2. The first kappa shape index (κ1) is 13.6. The summed E-state index contributed by atoms with van der Waals surface area (Å²) in [6, 6.07) is 0. The summed E-state index contributed by atoms with van der Waals surface area (Å²) in [6.45, 7) is 4.64. The van der Waals surface area contributed by atoms with Crippen molar-refractivity contribution in [1.82, 2.24) is 0 Å². The summed E-state index contributed by atoms with van der Waals surface area (Å²) < 4.78 is 3.25. The van der Waals surface area contributed by atoms with Gasteiger partial charge in [-0.3, -0.25) is 0 Å². The summed E-state index contributed by atoms with van der Waals surface area (Å²) in [7, 11) is 5.49. The molecule has 0 spiro atoms. The van der Waals surface area contributed by atoms with Gasteiger partial charge in [-0.2, -0.15) is 0 Å². The molecule has 13 heavy (non-hydrogen) atoms. The van der Waals surface area contributed by atoms with Gasteiger partial charge in [0, 0.05) is 0 Å². The third-order valence-corrected chi connectivity index (χ3v) is 154. The Morgan fingerprint density at radius 2 is 1.54 bits per heavy atom. The Bertz CT molecular complexity index is 166. The van der Waals surface area contributed by atoms with E-state index in [0.29, 0.717) is 0 Å². The fraction of sp³-hybridized carbons (Fsp3) is 1.00. The van der Waals surface area contributed by atoms with E-state index < -0.39 is 30.7 Å². The molecule has 0 N–H and O–H groups in total. The minimum absolute atomic E-state index is 1.17. The SMILES string of the molecule is CCC[CH2][Sn]1([CH2]CCC)[S][Sn](=[S])[S]1. The zero-order valence-electron chi connectivity index (χ0n) is 8.47. The third-order valence-electron chi connectivity index (χ3n) is 2.36. The fourth-order valence-electron chi connectivity index (χ4n) is 1.53. The van der Waals surface area contributed by atoms with Crippen LogP contribution in [0, 0.1) is 0 Å². The molecule has 1 aliphatic heterocycles. The summed E-state index contributed by atoms with van der Waals surface area (Å²) in [4.78, 5) is 0. The molecule has 0 aliphatic carbocycles. The molecule has 1 rings (SSSR count). The molecule has 0 aromatic rings. The van der Waals surface area contributed by atoms with Crippen LogP contribution in [0.5, 0.6) is 0 Å². The summed E-state index contributed by atoms with van der Waals surface area (Å²) in [6.07, 6.45) is 10.6. The topological polar surface area (TPSA) is 0 Å². The second-order valence-electron chi connectivity index (χ2n) is 3.57. The Labute approximate surface area is 99.0 Å². The first-order chi connectivity index (χ1) is 6.22. The van der Waals surface area contributed by atoms with E-state index in [1.54, 1.807) is 8.87 Å². The molecule has 0 amide bonds. The number of hydrogen-bond acceptors (Lipinski definition) is 3. The van der Waals surface area contributed by atoms with Crippen LogP contribution < -0.4 is 0 Å². The standard InChI is InChI=1S/2C4H9.3S.2Sn/c2*1-3-4-2;;;;;/h2*1,3-4H2,2H3;;;;;. The number of rotatable bonds is 6. The van der Waals surface area contributed by atoms with Crippen molar-refractivity contribution >= 4 is 52.2 Å². The Balaban J connectivity index is 2.31. The number of unbranched alkanes of at least 4 members (excludes halogenated alkanes) is 2. The second-order valence-corrected chi connectivity index (χ2v) is 66.0. The first-order valence-electron chi connectivity index (χ1n) is 5.14. The van der Waals surface area contributed by atoms with E-state index in [2.05, 4.69) is 26.1 Å². The van der Waals surface area contributed by atoms with Gasteiger partial charge >= 0.3 is 101 Å². The van der Waals surface area contributed by atoms with E-state index in [0.717, 1.165) is 0 Å². The van der Waals surface area contributed by atoms with Crippen LogP contribution in [0.2, 0.25) is 8.87 Å². The van der Waals surface area contributed by atoms with Gasteiger partial charge in [0.25, 0.3) is 0 Å². The van der Waals surface area contributed by atoms with Crippen molar-refractivity contribution in [2.45, 2.75) is 48.4 Å². The predicted molar refractivity (Wildman–Crippen MR) is 73.7 cm³/mol. The van der Waals surface area contributed by atoms with Crippen molar-refractivity contribution in [3.8, 4) is 0 Å². The quantitative estimate of drug-likeness (QED) is 0.542. The molecule has 1 heterocycles. The maximum atomic E-state index is 5.49. The van der Waals surface area contributed by atoms with E-state index in [9.17, 15) is 0 Å². The molecule has 0 unspecified atom stereocenters. The van der Waals surface area contributed by atoms with E-state index >= 15 is 0 Å². The van der Waals surface area contributed by atoms with Gasteiger partial charge in [0.2, 0.25) is 0 Å². The first-order valence-corrected chi connectivity index (χ1v) is 28.7. The Kier molecular flexibility index (Phi) is 7.28. The van der Waals surface area contributed by atoms with E-state index in [4.69, 9.17) is 9.29 Å². The Morgan fingerprint density at radius 3 is 1.85 bits per heavy atom. The van der Waals surface area contributed by atoms with Gasteiger partial charge in [-0.25, -0.2) is 0 Å². The summed E-state index contributed by atoms with van der Waals surface area (Å²) in [5, 5.41) is 0. The van der Waals surface area contributed by atoms with Gasteiger partial charge in [-0.1, -0.05) is 0 Å². The van der Waals surface area contributed by atoms with Gasteiger partial charge in [0.05, 0.1) is 0 Å². The number of hydrogen-bond donors (Lipinski definition) is 0. The molecular weight excluding hydrogens is 430 g/mol. The van der Waals surface area contributed by atoms with Crippen molar-refractivity contribution in [2.75, 3.05) is 0 Å². The van der Waals surface area contributed by atoms with Gasteiger partial charge in [0.1, 0.15) is 0 Å². The molecule has 1 fully saturated rings. The summed E-state index contributed by atoms with van der Waals surface area (Å²) >= 11 is -2.74. The second kappa shape index (κ2) is 6.96. The van der Waals surface area contributed by atoms with Gasteiger partial charge < -0.3 is 0 Å². The average Bonchev–Trinajstić information content (AvgIpc) is 2.08. The van der Waals surface area contributed by atoms with Gasteiger partial charge in [-0.15, -0.1) is 0 Å². The van der Waals surface area contributed by atoms with Gasteiger partial charge in [0.15, 0.2) is 0 Å². The van der Waals surface area contributed by atoms with E-state index in [1.807, 2.05) is 0 Å². The van der Waals surface area contributed by atoms with Crippen molar-refractivity contribution in [3.05, 3.63) is 0 Å². The fourth-order valence-corrected chi connectivity index (χ4v) is 192.